The SMILES string of the molecule is Cc1cc(C)c(OCCC(O)C2CCCN2)c(C)c1. The van der Waals surface area contributed by atoms with Gasteiger partial charge >= 0.3 is 0 Å². The topological polar surface area (TPSA) is 41.5 Å². The average molecular weight is 263 g/mol. The molecule has 0 spiro atoms. The minimum Gasteiger partial charge on any atom is -0.493 e. The maximum absolute atomic E-state index is 10.1. The van der Waals surface area contributed by atoms with E-state index in [0.717, 1.165) is 18.7 Å². The van der Waals surface area contributed by atoms with E-state index in [-0.39, 0.29) is 12.1 Å². The third-order valence-electron chi connectivity index (χ3n) is 3.83. The Morgan fingerprint density at radius 3 is 2.58 bits per heavy atom. The van der Waals surface area contributed by atoms with Crippen molar-refractivity contribution >= 4 is 0 Å². The molecule has 1 fully saturated rings. The Bertz CT molecular complexity index is 402. The zero-order valence-electron chi connectivity index (χ0n) is 12.2. The quantitative estimate of drug-likeness (QED) is 0.857. The molecule has 0 aromatic heterocycles. The third-order valence-corrected chi connectivity index (χ3v) is 3.83. The molecule has 1 aromatic carbocycles. The fourth-order valence-corrected chi connectivity index (χ4v) is 2.92. The smallest absolute Gasteiger partial charge is 0.125 e. The minimum absolute atomic E-state index is 0.254. The number of benzene rings is 1. The zero-order chi connectivity index (χ0) is 13.8. The van der Waals surface area contributed by atoms with Crippen molar-refractivity contribution in [2.75, 3.05) is 13.2 Å². The number of aliphatic hydroxyl groups excluding tert-OH is 1. The number of aliphatic hydroxyl groups is 1. The van der Waals surface area contributed by atoms with Crippen LogP contribution in [-0.4, -0.2) is 30.4 Å². The van der Waals surface area contributed by atoms with E-state index < -0.39 is 0 Å². The van der Waals surface area contributed by atoms with Crippen LogP contribution in [0.2, 0.25) is 0 Å². The van der Waals surface area contributed by atoms with Crippen molar-refractivity contribution < 1.29 is 9.84 Å². The first-order chi connectivity index (χ1) is 9.08. The molecular formula is C16H25NO2. The molecule has 0 radical (unpaired) electrons. The highest BCUT2D eigenvalue weighted by molar-refractivity contribution is 5.42. The van der Waals surface area contributed by atoms with Gasteiger partial charge in [0, 0.05) is 12.5 Å². The van der Waals surface area contributed by atoms with Gasteiger partial charge in [-0.05, 0) is 51.3 Å². The molecule has 2 N–H and O–H groups in total. The summed E-state index contributed by atoms with van der Waals surface area (Å²) >= 11 is 0. The molecule has 1 aliphatic heterocycles. The molecule has 1 saturated heterocycles. The summed E-state index contributed by atoms with van der Waals surface area (Å²) in [6, 6.07) is 4.53. The van der Waals surface area contributed by atoms with Crippen LogP contribution >= 0.6 is 0 Å². The van der Waals surface area contributed by atoms with E-state index in [1.807, 2.05) is 0 Å². The van der Waals surface area contributed by atoms with Gasteiger partial charge in [0.15, 0.2) is 0 Å². The minimum atomic E-state index is -0.298. The van der Waals surface area contributed by atoms with Crippen LogP contribution in [0.25, 0.3) is 0 Å². The van der Waals surface area contributed by atoms with E-state index in [0.29, 0.717) is 13.0 Å². The van der Waals surface area contributed by atoms with E-state index >= 15 is 0 Å². The molecule has 2 rings (SSSR count). The lowest BCUT2D eigenvalue weighted by Crippen LogP contribution is -2.35. The second-order valence-corrected chi connectivity index (χ2v) is 5.64. The predicted molar refractivity (Wildman–Crippen MR) is 77.8 cm³/mol. The number of ether oxygens (including phenoxy) is 1. The van der Waals surface area contributed by atoms with Gasteiger partial charge in [-0.15, -0.1) is 0 Å². The largest absolute Gasteiger partial charge is 0.493 e. The summed E-state index contributed by atoms with van der Waals surface area (Å²) in [5.41, 5.74) is 3.61. The van der Waals surface area contributed by atoms with Crippen molar-refractivity contribution in [3.05, 3.63) is 28.8 Å². The van der Waals surface area contributed by atoms with Crippen LogP contribution in [0.15, 0.2) is 12.1 Å². The van der Waals surface area contributed by atoms with Crippen molar-refractivity contribution in [1.82, 2.24) is 5.32 Å². The highest BCUT2D eigenvalue weighted by Crippen LogP contribution is 2.25. The maximum Gasteiger partial charge on any atom is 0.125 e. The Labute approximate surface area is 116 Å². The Balaban J connectivity index is 1.85. The van der Waals surface area contributed by atoms with Gasteiger partial charge in [-0.3, -0.25) is 0 Å². The monoisotopic (exact) mass is 263 g/mol. The van der Waals surface area contributed by atoms with Gasteiger partial charge in [0.2, 0.25) is 0 Å². The Morgan fingerprint density at radius 2 is 2.00 bits per heavy atom. The summed E-state index contributed by atoms with van der Waals surface area (Å²) in [4.78, 5) is 0. The van der Waals surface area contributed by atoms with Crippen LogP contribution < -0.4 is 10.1 Å². The summed E-state index contributed by atoms with van der Waals surface area (Å²) in [5.74, 6) is 0.970. The molecule has 0 bridgehead atoms. The van der Waals surface area contributed by atoms with Crippen LogP contribution in [0, 0.1) is 20.8 Å². The van der Waals surface area contributed by atoms with Gasteiger partial charge in [-0.2, -0.15) is 0 Å². The lowest BCUT2D eigenvalue weighted by molar-refractivity contribution is 0.107. The standard InChI is InChI=1S/C16H25NO2/c1-11-9-12(2)16(13(3)10-11)19-8-6-15(18)14-5-4-7-17-14/h9-10,14-15,17-18H,4-8H2,1-3H3. The number of nitrogens with one attached hydrogen (secondary N) is 1. The molecule has 0 saturated carbocycles. The lowest BCUT2D eigenvalue weighted by Gasteiger charge is -2.19. The highest BCUT2D eigenvalue weighted by atomic mass is 16.5. The number of aryl methyl sites for hydroxylation is 3. The highest BCUT2D eigenvalue weighted by Gasteiger charge is 2.22. The van der Waals surface area contributed by atoms with Crippen molar-refractivity contribution in [2.45, 2.75) is 52.2 Å². The van der Waals surface area contributed by atoms with Gasteiger partial charge in [0.1, 0.15) is 5.75 Å². The van der Waals surface area contributed by atoms with E-state index in [9.17, 15) is 5.11 Å². The van der Waals surface area contributed by atoms with E-state index in [2.05, 4.69) is 38.2 Å². The summed E-state index contributed by atoms with van der Waals surface area (Å²) in [6.45, 7) is 7.84. The zero-order valence-corrected chi connectivity index (χ0v) is 12.2. The lowest BCUT2D eigenvalue weighted by atomic mass is 10.1. The van der Waals surface area contributed by atoms with Crippen molar-refractivity contribution in [3.8, 4) is 5.75 Å². The maximum atomic E-state index is 10.1. The van der Waals surface area contributed by atoms with Gasteiger partial charge in [-0.1, -0.05) is 17.7 Å². The molecule has 1 aromatic rings. The van der Waals surface area contributed by atoms with Gasteiger partial charge in [-0.25, -0.2) is 0 Å². The first kappa shape index (κ1) is 14.4. The van der Waals surface area contributed by atoms with E-state index in [1.54, 1.807) is 0 Å². The summed E-state index contributed by atoms with van der Waals surface area (Å²) in [5, 5.41) is 13.4. The van der Waals surface area contributed by atoms with Gasteiger partial charge in [0.05, 0.1) is 12.7 Å². The van der Waals surface area contributed by atoms with Gasteiger partial charge in [0.25, 0.3) is 0 Å². The van der Waals surface area contributed by atoms with Gasteiger partial charge < -0.3 is 15.2 Å². The van der Waals surface area contributed by atoms with Crippen LogP contribution in [0.1, 0.15) is 36.0 Å². The van der Waals surface area contributed by atoms with Crippen molar-refractivity contribution in [1.29, 1.82) is 0 Å². The summed E-state index contributed by atoms with van der Waals surface area (Å²) in [7, 11) is 0. The van der Waals surface area contributed by atoms with Crippen LogP contribution in [0.5, 0.6) is 5.75 Å². The first-order valence-corrected chi connectivity index (χ1v) is 7.20. The third kappa shape index (κ3) is 3.71. The molecule has 2 unspecified atom stereocenters. The average Bonchev–Trinajstić information content (AvgIpc) is 2.85. The molecule has 0 amide bonds. The molecule has 2 atom stereocenters. The van der Waals surface area contributed by atoms with Crippen LogP contribution in [0.3, 0.4) is 0 Å². The Hall–Kier alpha value is -1.06. The Kier molecular flexibility index (Phi) is 4.83. The Morgan fingerprint density at radius 1 is 1.32 bits per heavy atom. The molecule has 106 valence electrons. The molecular weight excluding hydrogens is 238 g/mol. The first-order valence-electron chi connectivity index (χ1n) is 7.20. The van der Waals surface area contributed by atoms with E-state index in [4.69, 9.17) is 4.74 Å². The molecule has 3 heteroatoms. The second-order valence-electron chi connectivity index (χ2n) is 5.64. The normalized spacial score (nSPS) is 20.5. The molecule has 1 aliphatic rings. The number of rotatable bonds is 5. The summed E-state index contributed by atoms with van der Waals surface area (Å²) in [6.07, 6.45) is 2.63. The molecule has 3 nitrogen and oxygen atoms in total. The number of hydrogen-bond donors (Lipinski definition) is 2. The molecule has 1 heterocycles. The van der Waals surface area contributed by atoms with Crippen molar-refractivity contribution in [3.63, 3.8) is 0 Å². The van der Waals surface area contributed by atoms with Crippen LogP contribution in [-0.2, 0) is 0 Å². The second kappa shape index (κ2) is 6.40. The fourth-order valence-electron chi connectivity index (χ4n) is 2.92. The number of hydrogen-bond acceptors (Lipinski definition) is 3. The molecule has 19 heavy (non-hydrogen) atoms. The van der Waals surface area contributed by atoms with Crippen molar-refractivity contribution in [2.24, 2.45) is 0 Å². The van der Waals surface area contributed by atoms with Crippen LogP contribution in [0.4, 0.5) is 0 Å². The fraction of sp³-hybridized carbons (Fsp3) is 0.625. The van der Waals surface area contributed by atoms with E-state index in [1.165, 1.54) is 23.1 Å². The molecule has 0 aliphatic carbocycles. The predicted octanol–water partition coefficient (Wildman–Crippen LogP) is 2.49. The summed E-state index contributed by atoms with van der Waals surface area (Å²) < 4.78 is 5.87.